The molecular formula is C24H24N2O3. The largest absolute Gasteiger partial charge is 0.456 e. The van der Waals surface area contributed by atoms with Gasteiger partial charge in [-0.3, -0.25) is 4.98 Å². The van der Waals surface area contributed by atoms with Crippen LogP contribution in [-0.4, -0.2) is 29.1 Å². The molecule has 29 heavy (non-hydrogen) atoms. The number of pyridine rings is 1. The summed E-state index contributed by atoms with van der Waals surface area (Å²) >= 11 is 0. The van der Waals surface area contributed by atoms with Gasteiger partial charge in [0.05, 0.1) is 6.20 Å². The molecule has 1 atom stereocenters. The fourth-order valence-corrected chi connectivity index (χ4v) is 3.51. The van der Waals surface area contributed by atoms with Crippen molar-refractivity contribution in [1.82, 2.24) is 9.88 Å². The molecule has 1 saturated heterocycles. The van der Waals surface area contributed by atoms with Gasteiger partial charge in [0, 0.05) is 24.7 Å². The SMILES string of the molecule is O=C(OCc1ccccc1)N1CCCC(c2ccc(Oc3ccccc3)cn2)C1. The van der Waals surface area contributed by atoms with Crippen LogP contribution in [0.1, 0.15) is 30.0 Å². The first-order valence-corrected chi connectivity index (χ1v) is 9.92. The van der Waals surface area contributed by atoms with Crippen molar-refractivity contribution in [2.75, 3.05) is 13.1 Å². The minimum Gasteiger partial charge on any atom is -0.456 e. The molecule has 1 amide bonds. The second kappa shape index (κ2) is 9.24. The number of rotatable bonds is 5. The number of hydrogen-bond donors (Lipinski definition) is 0. The van der Waals surface area contributed by atoms with E-state index in [4.69, 9.17) is 9.47 Å². The van der Waals surface area contributed by atoms with Crippen molar-refractivity contribution in [3.8, 4) is 11.5 Å². The highest BCUT2D eigenvalue weighted by molar-refractivity contribution is 5.67. The van der Waals surface area contributed by atoms with Gasteiger partial charge in [0.15, 0.2) is 0 Å². The van der Waals surface area contributed by atoms with Crippen LogP contribution in [0.25, 0.3) is 0 Å². The van der Waals surface area contributed by atoms with Gasteiger partial charge in [0.2, 0.25) is 0 Å². The average Bonchev–Trinajstić information content (AvgIpc) is 2.79. The summed E-state index contributed by atoms with van der Waals surface area (Å²) in [5, 5.41) is 0. The van der Waals surface area contributed by atoms with E-state index in [9.17, 15) is 4.79 Å². The number of hydrogen-bond acceptors (Lipinski definition) is 4. The minimum atomic E-state index is -0.261. The van der Waals surface area contributed by atoms with Gasteiger partial charge in [0.25, 0.3) is 0 Å². The molecule has 1 aliphatic heterocycles. The van der Waals surface area contributed by atoms with Crippen molar-refractivity contribution in [3.63, 3.8) is 0 Å². The minimum absolute atomic E-state index is 0.207. The maximum absolute atomic E-state index is 12.5. The molecule has 0 spiro atoms. The summed E-state index contributed by atoms with van der Waals surface area (Å²) in [6, 6.07) is 23.3. The van der Waals surface area contributed by atoms with Gasteiger partial charge >= 0.3 is 6.09 Å². The van der Waals surface area contributed by atoms with Crippen LogP contribution in [0.5, 0.6) is 11.5 Å². The number of nitrogens with zero attached hydrogens (tertiary/aromatic N) is 2. The third kappa shape index (κ3) is 5.13. The normalized spacial score (nSPS) is 16.3. The molecular weight excluding hydrogens is 364 g/mol. The Bertz CT molecular complexity index is 914. The maximum Gasteiger partial charge on any atom is 0.410 e. The molecule has 5 nitrogen and oxygen atoms in total. The van der Waals surface area contributed by atoms with E-state index in [-0.39, 0.29) is 12.0 Å². The highest BCUT2D eigenvalue weighted by atomic mass is 16.6. The highest BCUT2D eigenvalue weighted by Crippen LogP contribution is 2.28. The third-order valence-electron chi connectivity index (χ3n) is 5.04. The van der Waals surface area contributed by atoms with Crippen LogP contribution in [0.4, 0.5) is 4.79 Å². The Balaban J connectivity index is 1.33. The molecule has 0 aliphatic carbocycles. The van der Waals surface area contributed by atoms with Gasteiger partial charge in [-0.1, -0.05) is 48.5 Å². The first kappa shape index (κ1) is 19.0. The third-order valence-corrected chi connectivity index (χ3v) is 5.04. The number of carbonyl (C=O) groups is 1. The van der Waals surface area contributed by atoms with Gasteiger partial charge in [0.1, 0.15) is 18.1 Å². The summed E-state index contributed by atoms with van der Waals surface area (Å²) in [5.41, 5.74) is 1.97. The standard InChI is InChI=1S/C24H24N2O3/c27-24(28-18-19-8-3-1-4-9-19)26-15-7-10-20(17-26)23-14-13-22(16-25-23)29-21-11-5-2-6-12-21/h1-6,8-9,11-14,16,20H,7,10,15,17-18H2. The lowest BCUT2D eigenvalue weighted by molar-refractivity contribution is 0.0856. The molecule has 1 fully saturated rings. The predicted molar refractivity (Wildman–Crippen MR) is 111 cm³/mol. The van der Waals surface area contributed by atoms with E-state index < -0.39 is 0 Å². The van der Waals surface area contributed by atoms with E-state index in [1.54, 1.807) is 11.1 Å². The van der Waals surface area contributed by atoms with Crippen molar-refractivity contribution in [1.29, 1.82) is 0 Å². The van der Waals surface area contributed by atoms with Crippen molar-refractivity contribution in [2.45, 2.75) is 25.4 Å². The molecule has 1 aliphatic rings. The average molecular weight is 388 g/mol. The van der Waals surface area contributed by atoms with E-state index >= 15 is 0 Å². The van der Waals surface area contributed by atoms with E-state index in [0.717, 1.165) is 36.4 Å². The van der Waals surface area contributed by atoms with Gasteiger partial charge in [-0.25, -0.2) is 4.79 Å². The summed E-state index contributed by atoms with van der Waals surface area (Å²) < 4.78 is 11.3. The summed E-state index contributed by atoms with van der Waals surface area (Å²) in [6.45, 7) is 1.64. The van der Waals surface area contributed by atoms with Crippen LogP contribution >= 0.6 is 0 Å². The fraction of sp³-hybridized carbons (Fsp3) is 0.250. The van der Waals surface area contributed by atoms with Gasteiger partial charge < -0.3 is 14.4 Å². The van der Waals surface area contributed by atoms with Crippen LogP contribution < -0.4 is 4.74 Å². The zero-order chi connectivity index (χ0) is 19.9. The van der Waals surface area contributed by atoms with Crippen LogP contribution in [0, 0.1) is 0 Å². The molecule has 2 aromatic carbocycles. The monoisotopic (exact) mass is 388 g/mol. The summed E-state index contributed by atoms with van der Waals surface area (Å²) in [4.78, 5) is 18.8. The lowest BCUT2D eigenvalue weighted by atomic mass is 9.94. The van der Waals surface area contributed by atoms with E-state index in [0.29, 0.717) is 18.9 Å². The quantitative estimate of drug-likeness (QED) is 0.588. The number of piperidine rings is 1. The smallest absolute Gasteiger partial charge is 0.410 e. The Morgan fingerprint density at radius 1 is 0.966 bits per heavy atom. The number of amides is 1. The Morgan fingerprint density at radius 3 is 2.45 bits per heavy atom. The predicted octanol–water partition coefficient (Wildman–Crippen LogP) is 5.39. The van der Waals surface area contributed by atoms with Gasteiger partial charge in [-0.2, -0.15) is 0 Å². The molecule has 0 N–H and O–H groups in total. The van der Waals surface area contributed by atoms with Crippen molar-refractivity contribution in [3.05, 3.63) is 90.3 Å². The molecule has 0 radical (unpaired) electrons. The summed E-state index contributed by atoms with van der Waals surface area (Å²) in [6.07, 6.45) is 3.43. The molecule has 4 rings (SSSR count). The zero-order valence-corrected chi connectivity index (χ0v) is 16.2. The topological polar surface area (TPSA) is 51.7 Å². The van der Waals surface area contributed by atoms with Gasteiger partial charge in [-0.05, 0) is 42.7 Å². The molecule has 5 heteroatoms. The van der Waals surface area contributed by atoms with Gasteiger partial charge in [-0.15, -0.1) is 0 Å². The molecule has 3 aromatic rings. The molecule has 148 valence electrons. The number of carbonyl (C=O) groups excluding carboxylic acids is 1. The first-order valence-electron chi connectivity index (χ1n) is 9.92. The number of likely N-dealkylation sites (tertiary alicyclic amines) is 1. The molecule has 0 bridgehead atoms. The number of aromatic nitrogens is 1. The Labute approximate surface area is 170 Å². The summed E-state index contributed by atoms with van der Waals surface area (Å²) in [7, 11) is 0. The Hall–Kier alpha value is -3.34. The lowest BCUT2D eigenvalue weighted by Gasteiger charge is -2.31. The number of ether oxygens (including phenoxy) is 2. The van der Waals surface area contributed by atoms with Crippen molar-refractivity contribution < 1.29 is 14.3 Å². The second-order valence-electron chi connectivity index (χ2n) is 7.16. The lowest BCUT2D eigenvalue weighted by Crippen LogP contribution is -2.39. The second-order valence-corrected chi connectivity index (χ2v) is 7.16. The van der Waals surface area contributed by atoms with E-state index in [1.165, 1.54) is 0 Å². The van der Waals surface area contributed by atoms with Crippen LogP contribution in [0.2, 0.25) is 0 Å². The number of para-hydroxylation sites is 1. The first-order chi connectivity index (χ1) is 14.3. The van der Waals surface area contributed by atoms with Crippen LogP contribution in [0.15, 0.2) is 79.0 Å². The molecule has 0 saturated carbocycles. The van der Waals surface area contributed by atoms with Crippen LogP contribution in [0.3, 0.4) is 0 Å². The van der Waals surface area contributed by atoms with E-state index in [2.05, 4.69) is 4.98 Å². The van der Waals surface area contributed by atoms with Crippen molar-refractivity contribution >= 4 is 6.09 Å². The molecule has 1 aromatic heterocycles. The maximum atomic E-state index is 12.5. The van der Waals surface area contributed by atoms with Crippen LogP contribution in [-0.2, 0) is 11.3 Å². The Morgan fingerprint density at radius 2 is 1.72 bits per heavy atom. The van der Waals surface area contributed by atoms with Crippen molar-refractivity contribution in [2.24, 2.45) is 0 Å². The fourth-order valence-electron chi connectivity index (χ4n) is 3.51. The number of benzene rings is 2. The Kier molecular flexibility index (Phi) is 6.05. The van der Waals surface area contributed by atoms with E-state index in [1.807, 2.05) is 72.8 Å². The molecule has 2 heterocycles. The summed E-state index contributed by atoms with van der Waals surface area (Å²) in [5.74, 6) is 1.70. The molecule has 1 unspecified atom stereocenters. The zero-order valence-electron chi connectivity index (χ0n) is 16.2. The highest BCUT2D eigenvalue weighted by Gasteiger charge is 2.26.